The lowest BCUT2D eigenvalue weighted by Gasteiger charge is -2.37. The summed E-state index contributed by atoms with van der Waals surface area (Å²) in [5.74, 6) is 2.74. The predicted octanol–water partition coefficient (Wildman–Crippen LogP) is 2.13. The quantitative estimate of drug-likeness (QED) is 0.712. The number of hydrogen-bond acceptors (Lipinski definition) is 7. The van der Waals surface area contributed by atoms with Crippen LogP contribution < -0.4 is 4.74 Å². The fourth-order valence-corrected chi connectivity index (χ4v) is 2.84. The van der Waals surface area contributed by atoms with Gasteiger partial charge in [0.15, 0.2) is 0 Å². The maximum atomic E-state index is 5.40. The summed E-state index contributed by atoms with van der Waals surface area (Å²) in [5.41, 5.74) is 1.18. The van der Waals surface area contributed by atoms with Crippen molar-refractivity contribution in [2.24, 2.45) is 0 Å². The molecule has 3 heterocycles. The van der Waals surface area contributed by atoms with Crippen LogP contribution in [-0.2, 0) is 6.54 Å². The molecule has 0 spiro atoms. The number of nitrogens with zero attached hydrogens (tertiary/aromatic N) is 5. The van der Waals surface area contributed by atoms with Crippen molar-refractivity contribution in [3.8, 4) is 17.4 Å². The predicted molar refractivity (Wildman–Crippen MR) is 86.3 cm³/mol. The number of likely N-dealkylation sites (tertiary alicyclic amines) is 1. The Morgan fingerprint density at radius 1 is 1.12 bits per heavy atom. The Morgan fingerprint density at radius 2 is 1.92 bits per heavy atom. The van der Waals surface area contributed by atoms with Gasteiger partial charge in [0.05, 0.1) is 13.0 Å². The van der Waals surface area contributed by atoms with Crippen LogP contribution >= 0.6 is 0 Å². The Bertz CT molecular complexity index is 815. The first-order valence-electron chi connectivity index (χ1n) is 7.78. The number of methoxy groups -OCH3 is 1. The number of rotatable bonds is 5. The van der Waals surface area contributed by atoms with Crippen molar-refractivity contribution in [3.05, 3.63) is 54.2 Å². The van der Waals surface area contributed by atoms with Gasteiger partial charge in [-0.2, -0.15) is 4.98 Å². The highest BCUT2D eigenvalue weighted by Gasteiger charge is 2.33. The van der Waals surface area contributed by atoms with Gasteiger partial charge in [0.1, 0.15) is 5.75 Å². The average Bonchev–Trinajstić information content (AvgIpc) is 3.08. The molecule has 0 amide bonds. The summed E-state index contributed by atoms with van der Waals surface area (Å²) < 4.78 is 10.8. The standard InChI is InChI=1S/C17H17N5O2/c1-23-14-6-3-2-5-12(14)9-22-10-13(11-22)17-20-16(21-24-17)15-18-7-4-8-19-15/h2-8,13H,9-11H2,1H3. The number of aromatic nitrogens is 4. The van der Waals surface area contributed by atoms with E-state index in [0.717, 1.165) is 25.4 Å². The Balaban J connectivity index is 1.39. The second kappa shape index (κ2) is 6.37. The van der Waals surface area contributed by atoms with E-state index in [2.05, 4.69) is 31.1 Å². The van der Waals surface area contributed by atoms with E-state index in [1.165, 1.54) is 5.56 Å². The number of ether oxygens (including phenoxy) is 1. The van der Waals surface area contributed by atoms with Crippen LogP contribution in [0.5, 0.6) is 5.75 Å². The van der Waals surface area contributed by atoms with E-state index in [-0.39, 0.29) is 5.92 Å². The maximum Gasteiger partial charge on any atom is 0.240 e. The zero-order chi connectivity index (χ0) is 16.4. The second-order valence-corrected chi connectivity index (χ2v) is 5.73. The fraction of sp³-hybridized carbons (Fsp3) is 0.294. The summed E-state index contributed by atoms with van der Waals surface area (Å²) in [6, 6.07) is 9.83. The molecule has 0 radical (unpaired) electrons. The molecule has 4 rings (SSSR count). The SMILES string of the molecule is COc1ccccc1CN1CC(c2nc(-c3ncccn3)no2)C1. The lowest BCUT2D eigenvalue weighted by atomic mass is 9.99. The normalized spacial score (nSPS) is 15.2. The third kappa shape index (κ3) is 2.85. The van der Waals surface area contributed by atoms with Gasteiger partial charge in [0.2, 0.25) is 17.5 Å². The third-order valence-electron chi connectivity index (χ3n) is 4.10. The van der Waals surface area contributed by atoms with Gasteiger partial charge in [-0.25, -0.2) is 9.97 Å². The van der Waals surface area contributed by atoms with Gasteiger partial charge in [-0.15, -0.1) is 0 Å². The van der Waals surface area contributed by atoms with E-state index < -0.39 is 0 Å². The molecule has 3 aromatic rings. The van der Waals surface area contributed by atoms with Crippen LogP contribution in [0.25, 0.3) is 11.6 Å². The molecule has 2 aromatic heterocycles. The van der Waals surface area contributed by atoms with Crippen LogP contribution in [0.1, 0.15) is 17.4 Å². The molecule has 0 bridgehead atoms. The van der Waals surface area contributed by atoms with Gasteiger partial charge in [0, 0.05) is 37.6 Å². The molecule has 0 aliphatic carbocycles. The second-order valence-electron chi connectivity index (χ2n) is 5.73. The maximum absolute atomic E-state index is 5.40. The van der Waals surface area contributed by atoms with E-state index in [9.17, 15) is 0 Å². The highest BCUT2D eigenvalue weighted by molar-refractivity contribution is 5.40. The van der Waals surface area contributed by atoms with E-state index in [1.807, 2.05) is 18.2 Å². The molecule has 122 valence electrons. The van der Waals surface area contributed by atoms with Gasteiger partial charge in [0.25, 0.3) is 0 Å². The van der Waals surface area contributed by atoms with Crippen molar-refractivity contribution < 1.29 is 9.26 Å². The number of para-hydroxylation sites is 1. The summed E-state index contributed by atoms with van der Waals surface area (Å²) in [5, 5.41) is 3.98. The highest BCUT2D eigenvalue weighted by atomic mass is 16.5. The molecule has 0 saturated carbocycles. The average molecular weight is 323 g/mol. The van der Waals surface area contributed by atoms with Gasteiger partial charge in [-0.05, 0) is 12.1 Å². The molecule has 1 aliphatic rings. The summed E-state index contributed by atoms with van der Waals surface area (Å²) in [6.07, 6.45) is 3.33. The minimum Gasteiger partial charge on any atom is -0.496 e. The highest BCUT2D eigenvalue weighted by Crippen LogP contribution is 2.30. The van der Waals surface area contributed by atoms with E-state index in [4.69, 9.17) is 9.26 Å². The molecule has 7 heteroatoms. The topological polar surface area (TPSA) is 77.2 Å². The van der Waals surface area contributed by atoms with Crippen LogP contribution in [0.15, 0.2) is 47.2 Å². The molecule has 1 aliphatic heterocycles. The molecule has 24 heavy (non-hydrogen) atoms. The summed E-state index contributed by atoms with van der Waals surface area (Å²) in [4.78, 5) is 15.0. The molecule has 1 fully saturated rings. The van der Waals surface area contributed by atoms with Crippen LogP contribution in [0.3, 0.4) is 0 Å². The summed E-state index contributed by atoms with van der Waals surface area (Å²) >= 11 is 0. The zero-order valence-corrected chi connectivity index (χ0v) is 13.3. The Morgan fingerprint density at radius 3 is 2.71 bits per heavy atom. The summed E-state index contributed by atoms with van der Waals surface area (Å²) in [6.45, 7) is 2.62. The van der Waals surface area contributed by atoms with Crippen LogP contribution in [0.2, 0.25) is 0 Å². The Kier molecular flexibility index (Phi) is 3.92. The third-order valence-corrected chi connectivity index (χ3v) is 4.10. The van der Waals surface area contributed by atoms with Gasteiger partial charge in [-0.1, -0.05) is 23.4 Å². The first-order chi connectivity index (χ1) is 11.8. The first kappa shape index (κ1) is 14.8. The molecular weight excluding hydrogens is 306 g/mol. The molecule has 7 nitrogen and oxygen atoms in total. The van der Waals surface area contributed by atoms with Crippen molar-refractivity contribution in [2.75, 3.05) is 20.2 Å². The molecule has 1 saturated heterocycles. The number of benzene rings is 1. The molecule has 1 aromatic carbocycles. The lowest BCUT2D eigenvalue weighted by Crippen LogP contribution is -2.44. The molecule has 0 unspecified atom stereocenters. The minimum atomic E-state index is 0.254. The fourth-order valence-electron chi connectivity index (χ4n) is 2.84. The van der Waals surface area contributed by atoms with Crippen LogP contribution in [0, 0.1) is 0 Å². The molecule has 0 atom stereocenters. The molecule has 0 N–H and O–H groups in total. The van der Waals surface area contributed by atoms with Crippen molar-refractivity contribution in [3.63, 3.8) is 0 Å². The summed E-state index contributed by atoms with van der Waals surface area (Å²) in [7, 11) is 1.70. The van der Waals surface area contributed by atoms with Gasteiger partial charge >= 0.3 is 0 Å². The number of hydrogen-bond donors (Lipinski definition) is 0. The van der Waals surface area contributed by atoms with Crippen molar-refractivity contribution in [2.45, 2.75) is 12.5 Å². The van der Waals surface area contributed by atoms with Crippen molar-refractivity contribution in [1.29, 1.82) is 0 Å². The Hall–Kier alpha value is -2.80. The van der Waals surface area contributed by atoms with Crippen LogP contribution in [0.4, 0.5) is 0 Å². The minimum absolute atomic E-state index is 0.254. The van der Waals surface area contributed by atoms with E-state index in [1.54, 1.807) is 25.6 Å². The monoisotopic (exact) mass is 323 g/mol. The van der Waals surface area contributed by atoms with Crippen LogP contribution in [-0.4, -0.2) is 45.2 Å². The van der Waals surface area contributed by atoms with Gasteiger partial charge < -0.3 is 9.26 Å². The lowest BCUT2D eigenvalue weighted by molar-refractivity contribution is 0.116. The van der Waals surface area contributed by atoms with Crippen molar-refractivity contribution >= 4 is 0 Å². The van der Waals surface area contributed by atoms with E-state index in [0.29, 0.717) is 17.5 Å². The van der Waals surface area contributed by atoms with E-state index >= 15 is 0 Å². The zero-order valence-electron chi connectivity index (χ0n) is 13.3. The van der Waals surface area contributed by atoms with Gasteiger partial charge in [-0.3, -0.25) is 4.90 Å². The first-order valence-corrected chi connectivity index (χ1v) is 7.78. The molecular formula is C17H17N5O2. The smallest absolute Gasteiger partial charge is 0.240 e. The van der Waals surface area contributed by atoms with Crippen molar-refractivity contribution in [1.82, 2.24) is 25.0 Å². The Labute approximate surface area is 139 Å². The largest absolute Gasteiger partial charge is 0.496 e.